The lowest BCUT2D eigenvalue weighted by Gasteiger charge is -2.27. The predicted octanol–water partition coefficient (Wildman–Crippen LogP) is 2.88. The van der Waals surface area contributed by atoms with Gasteiger partial charge in [0, 0.05) is 11.6 Å². The second-order valence-corrected chi connectivity index (χ2v) is 4.70. The third kappa shape index (κ3) is 1.74. The number of benzene rings is 1. The van der Waals surface area contributed by atoms with Gasteiger partial charge in [0.25, 0.3) is 5.91 Å². The summed E-state index contributed by atoms with van der Waals surface area (Å²) in [5.41, 5.74) is 1.29. The van der Waals surface area contributed by atoms with Gasteiger partial charge in [-0.25, -0.2) is 8.78 Å². The van der Waals surface area contributed by atoms with E-state index in [2.05, 4.69) is 10.6 Å². The first kappa shape index (κ1) is 11.2. The van der Waals surface area contributed by atoms with Crippen LogP contribution in [0.4, 0.5) is 14.5 Å². The molecule has 2 N–H and O–H groups in total. The zero-order valence-corrected chi connectivity index (χ0v) is 9.85. The molecule has 1 unspecified atom stereocenters. The van der Waals surface area contributed by atoms with Gasteiger partial charge in [-0.3, -0.25) is 4.79 Å². The Kier molecular flexibility index (Phi) is 2.52. The predicted molar refractivity (Wildman–Crippen MR) is 64.5 cm³/mol. The highest BCUT2D eigenvalue weighted by atomic mass is 32.1. The molecule has 0 saturated heterocycles. The summed E-state index contributed by atoms with van der Waals surface area (Å²) in [5, 5.41) is 9.41. The summed E-state index contributed by atoms with van der Waals surface area (Å²) >= 11 is 1.50. The van der Waals surface area contributed by atoms with E-state index in [1.54, 1.807) is 0 Å². The fraction of sp³-hybridized carbons (Fsp3) is 0.0833. The number of carbonyl (C=O) groups excluding carboxylic acids is 1. The monoisotopic (exact) mass is 266 g/mol. The molecule has 0 radical (unpaired) electrons. The van der Waals surface area contributed by atoms with Gasteiger partial charge in [0.15, 0.2) is 11.6 Å². The number of hydrogen-bond donors (Lipinski definition) is 2. The molecule has 2 aromatic rings. The minimum atomic E-state index is -1.03. The Balaban J connectivity index is 2.02. The van der Waals surface area contributed by atoms with Crippen LogP contribution in [0.25, 0.3) is 0 Å². The van der Waals surface area contributed by atoms with Crippen molar-refractivity contribution in [3.8, 4) is 0 Å². The van der Waals surface area contributed by atoms with Crippen molar-refractivity contribution in [1.29, 1.82) is 0 Å². The van der Waals surface area contributed by atoms with Gasteiger partial charge in [-0.2, -0.15) is 11.3 Å². The SMILES string of the molecule is O=C1NC(c2ccsc2)Nc2cc(F)c(F)cc21. The zero-order chi connectivity index (χ0) is 12.7. The van der Waals surface area contributed by atoms with Gasteiger partial charge >= 0.3 is 0 Å². The largest absolute Gasteiger partial charge is 0.361 e. The molecule has 3 nitrogen and oxygen atoms in total. The van der Waals surface area contributed by atoms with Gasteiger partial charge in [0.05, 0.1) is 11.3 Å². The molecule has 0 fully saturated rings. The van der Waals surface area contributed by atoms with Gasteiger partial charge in [0.2, 0.25) is 0 Å². The van der Waals surface area contributed by atoms with Crippen molar-refractivity contribution in [2.75, 3.05) is 5.32 Å². The van der Waals surface area contributed by atoms with E-state index in [1.807, 2.05) is 16.8 Å². The fourth-order valence-electron chi connectivity index (χ4n) is 1.86. The summed E-state index contributed by atoms with van der Waals surface area (Å²) in [6.07, 6.45) is -0.416. The van der Waals surface area contributed by atoms with Gasteiger partial charge < -0.3 is 10.6 Å². The van der Waals surface area contributed by atoms with Crippen LogP contribution in [0.1, 0.15) is 22.1 Å². The second-order valence-electron chi connectivity index (χ2n) is 3.92. The standard InChI is InChI=1S/C12H8F2N2OS/c13-8-3-7-10(4-9(8)14)15-11(16-12(7)17)6-1-2-18-5-6/h1-5,11,15H,(H,16,17). The molecule has 0 bridgehead atoms. The summed E-state index contributed by atoms with van der Waals surface area (Å²) in [6, 6.07) is 3.76. The van der Waals surface area contributed by atoms with Crippen LogP contribution in [0.3, 0.4) is 0 Å². The topological polar surface area (TPSA) is 41.1 Å². The molecular formula is C12H8F2N2OS. The highest BCUT2D eigenvalue weighted by molar-refractivity contribution is 7.08. The second kappa shape index (κ2) is 4.06. The maximum absolute atomic E-state index is 13.2. The minimum Gasteiger partial charge on any atom is -0.361 e. The van der Waals surface area contributed by atoms with Crippen LogP contribution < -0.4 is 10.6 Å². The molecule has 3 rings (SSSR count). The Bertz CT molecular complexity index is 613. The molecule has 1 aliphatic rings. The summed E-state index contributed by atoms with van der Waals surface area (Å²) in [5.74, 6) is -2.42. The normalized spacial score (nSPS) is 17.9. The first-order valence-electron chi connectivity index (χ1n) is 5.23. The van der Waals surface area contributed by atoms with Crippen molar-refractivity contribution in [3.05, 3.63) is 51.7 Å². The maximum atomic E-state index is 13.2. The van der Waals surface area contributed by atoms with Crippen molar-refractivity contribution in [3.63, 3.8) is 0 Å². The molecule has 2 heterocycles. The smallest absolute Gasteiger partial charge is 0.255 e. The van der Waals surface area contributed by atoms with Crippen LogP contribution in [0, 0.1) is 11.6 Å². The Morgan fingerprint density at radius 3 is 2.67 bits per heavy atom. The van der Waals surface area contributed by atoms with E-state index < -0.39 is 23.7 Å². The number of nitrogens with one attached hydrogen (secondary N) is 2. The van der Waals surface area contributed by atoms with Crippen LogP contribution in [0.5, 0.6) is 0 Å². The van der Waals surface area contributed by atoms with Crippen LogP contribution in [-0.4, -0.2) is 5.91 Å². The fourth-order valence-corrected chi connectivity index (χ4v) is 2.55. The van der Waals surface area contributed by atoms with Crippen molar-refractivity contribution in [1.82, 2.24) is 5.32 Å². The van der Waals surface area contributed by atoms with Gasteiger partial charge in [0.1, 0.15) is 6.17 Å². The van der Waals surface area contributed by atoms with Crippen LogP contribution in [0.2, 0.25) is 0 Å². The maximum Gasteiger partial charge on any atom is 0.255 e. The third-order valence-electron chi connectivity index (χ3n) is 2.76. The minimum absolute atomic E-state index is 0.111. The van der Waals surface area contributed by atoms with E-state index in [0.717, 1.165) is 17.7 Å². The number of halogens is 2. The van der Waals surface area contributed by atoms with E-state index in [1.165, 1.54) is 11.3 Å². The number of amides is 1. The van der Waals surface area contributed by atoms with Crippen molar-refractivity contribution in [2.24, 2.45) is 0 Å². The number of carbonyl (C=O) groups is 1. The Labute approximate surface area is 105 Å². The molecule has 0 aliphatic carbocycles. The lowest BCUT2D eigenvalue weighted by atomic mass is 10.1. The van der Waals surface area contributed by atoms with E-state index >= 15 is 0 Å². The molecule has 18 heavy (non-hydrogen) atoms. The average Bonchev–Trinajstić information content (AvgIpc) is 2.85. The molecule has 1 aliphatic heterocycles. The van der Waals surface area contributed by atoms with Crippen molar-refractivity contribution >= 4 is 22.9 Å². The number of hydrogen-bond acceptors (Lipinski definition) is 3. The van der Waals surface area contributed by atoms with E-state index in [0.29, 0.717) is 5.69 Å². The van der Waals surface area contributed by atoms with E-state index in [4.69, 9.17) is 0 Å². The Morgan fingerprint density at radius 2 is 1.94 bits per heavy atom. The highest BCUT2D eigenvalue weighted by Crippen LogP contribution is 2.29. The first-order chi connectivity index (χ1) is 8.65. The van der Waals surface area contributed by atoms with E-state index in [-0.39, 0.29) is 5.56 Å². The van der Waals surface area contributed by atoms with E-state index in [9.17, 15) is 13.6 Å². The summed E-state index contributed by atoms with van der Waals surface area (Å²) in [6.45, 7) is 0. The molecule has 1 atom stereocenters. The molecule has 6 heteroatoms. The van der Waals surface area contributed by atoms with Crippen molar-refractivity contribution in [2.45, 2.75) is 6.17 Å². The van der Waals surface area contributed by atoms with Crippen LogP contribution >= 0.6 is 11.3 Å². The highest BCUT2D eigenvalue weighted by Gasteiger charge is 2.26. The number of anilines is 1. The Hall–Kier alpha value is -1.95. The number of rotatable bonds is 1. The Morgan fingerprint density at radius 1 is 1.17 bits per heavy atom. The molecule has 0 spiro atoms. The average molecular weight is 266 g/mol. The quantitative estimate of drug-likeness (QED) is 0.833. The van der Waals surface area contributed by atoms with Crippen molar-refractivity contribution < 1.29 is 13.6 Å². The van der Waals surface area contributed by atoms with Gasteiger partial charge in [-0.1, -0.05) is 0 Å². The third-order valence-corrected chi connectivity index (χ3v) is 3.46. The molecule has 1 amide bonds. The number of thiophene rings is 1. The van der Waals surface area contributed by atoms with Gasteiger partial charge in [-0.05, 0) is 22.9 Å². The molecule has 1 aromatic carbocycles. The summed E-state index contributed by atoms with van der Waals surface area (Å²) < 4.78 is 26.2. The summed E-state index contributed by atoms with van der Waals surface area (Å²) in [4.78, 5) is 11.8. The zero-order valence-electron chi connectivity index (χ0n) is 9.04. The lowest BCUT2D eigenvalue weighted by Crippen LogP contribution is -2.38. The number of fused-ring (bicyclic) bond motifs is 1. The summed E-state index contributed by atoms with van der Waals surface area (Å²) in [7, 11) is 0. The first-order valence-corrected chi connectivity index (χ1v) is 6.18. The molecule has 1 aromatic heterocycles. The molecule has 92 valence electrons. The molecular weight excluding hydrogens is 258 g/mol. The molecule has 0 saturated carbocycles. The van der Waals surface area contributed by atoms with Gasteiger partial charge in [-0.15, -0.1) is 0 Å². The lowest BCUT2D eigenvalue weighted by molar-refractivity contribution is 0.0935. The van der Waals surface area contributed by atoms with Crippen LogP contribution in [0.15, 0.2) is 29.0 Å². The van der Waals surface area contributed by atoms with Crippen LogP contribution in [-0.2, 0) is 0 Å².